The third kappa shape index (κ3) is 6.01. The fraction of sp³-hybridized carbons (Fsp3) is 0.462. The van der Waals surface area contributed by atoms with Gasteiger partial charge in [-0.15, -0.1) is 0 Å². The van der Waals surface area contributed by atoms with Crippen LogP contribution in [-0.2, 0) is 11.0 Å². The molecule has 2 aliphatic rings. The molecule has 36 heavy (non-hydrogen) atoms. The number of alkyl halides is 3. The minimum atomic E-state index is -4.57. The zero-order chi connectivity index (χ0) is 25.9. The zero-order valence-corrected chi connectivity index (χ0v) is 21.4. The summed E-state index contributed by atoms with van der Waals surface area (Å²) in [5.41, 5.74) is 0.00376. The average Bonchev–Trinajstić information content (AvgIpc) is 3.23. The molecule has 1 amide bonds. The molecule has 1 heterocycles. The van der Waals surface area contributed by atoms with E-state index in [9.17, 15) is 32.3 Å². The number of aliphatic hydroxyl groups excluding tert-OH is 1. The number of β-amino-alcohol motifs (C(OH)–C–C–N with tert-alkyl or cyclic N) is 1. The molecule has 0 unspecified atom stereocenters. The van der Waals surface area contributed by atoms with Crippen LogP contribution in [0.15, 0.2) is 48.5 Å². The number of aliphatic hydroxyl groups is 1. The van der Waals surface area contributed by atoms with Crippen molar-refractivity contribution in [2.75, 3.05) is 19.6 Å². The monoisotopic (exact) mass is 567 g/mol. The van der Waals surface area contributed by atoms with E-state index in [0.717, 1.165) is 49.4 Å². The number of benzene rings is 2. The van der Waals surface area contributed by atoms with E-state index in [0.29, 0.717) is 19.0 Å². The van der Waals surface area contributed by atoms with Gasteiger partial charge < -0.3 is 0 Å². The fourth-order valence-electron chi connectivity index (χ4n) is 5.35. The molecule has 0 bridgehead atoms. The summed E-state index contributed by atoms with van der Waals surface area (Å²) in [6, 6.07) is 10.6. The van der Waals surface area contributed by atoms with Crippen molar-refractivity contribution < 1.29 is 32.3 Å². The SMILES string of the molecule is O=C(CNC(=O)c1cccc(C(F)(F)F)c1)[As][C@@]1(C2CCC(c3ccc(F)cc3)CC2)CNC[C@@H]1O. The molecule has 4 rings (SSSR count). The van der Waals surface area contributed by atoms with Gasteiger partial charge in [0.05, 0.1) is 0 Å². The van der Waals surface area contributed by atoms with Crippen LogP contribution in [0.1, 0.15) is 53.1 Å². The van der Waals surface area contributed by atoms with Gasteiger partial charge in [-0.25, -0.2) is 0 Å². The first-order valence-electron chi connectivity index (χ1n) is 11.9. The maximum atomic E-state index is 13.3. The van der Waals surface area contributed by atoms with Crippen LogP contribution in [0, 0.1) is 11.7 Å². The number of hydrogen-bond donors (Lipinski definition) is 3. The predicted molar refractivity (Wildman–Crippen MR) is 127 cm³/mol. The Morgan fingerprint density at radius 3 is 2.39 bits per heavy atom. The molecule has 1 saturated carbocycles. The first-order chi connectivity index (χ1) is 17.1. The summed E-state index contributed by atoms with van der Waals surface area (Å²) < 4.78 is 51.3. The van der Waals surface area contributed by atoms with Crippen molar-refractivity contribution in [1.82, 2.24) is 10.6 Å². The zero-order valence-electron chi connectivity index (χ0n) is 19.5. The van der Waals surface area contributed by atoms with Gasteiger partial charge in [0.15, 0.2) is 0 Å². The Hall–Kier alpha value is -2.22. The van der Waals surface area contributed by atoms with Gasteiger partial charge in [0.1, 0.15) is 0 Å². The molecule has 0 aromatic heterocycles. The summed E-state index contributed by atoms with van der Waals surface area (Å²) >= 11 is -1.01. The normalized spacial score (nSPS) is 26.9. The van der Waals surface area contributed by atoms with Gasteiger partial charge in [-0.1, -0.05) is 0 Å². The molecule has 2 fully saturated rings. The molecule has 10 heteroatoms. The van der Waals surface area contributed by atoms with Crippen molar-refractivity contribution in [1.29, 1.82) is 0 Å². The third-order valence-electron chi connectivity index (χ3n) is 7.28. The summed E-state index contributed by atoms with van der Waals surface area (Å²) in [6.07, 6.45) is -1.81. The van der Waals surface area contributed by atoms with E-state index in [1.807, 2.05) is 12.1 Å². The summed E-state index contributed by atoms with van der Waals surface area (Å²) in [7, 11) is 0. The van der Waals surface area contributed by atoms with Crippen LogP contribution < -0.4 is 10.6 Å². The summed E-state index contributed by atoms with van der Waals surface area (Å²) in [6.45, 7) is 0.638. The molecule has 0 spiro atoms. The second-order valence-electron chi connectivity index (χ2n) is 9.50. The molecule has 193 valence electrons. The van der Waals surface area contributed by atoms with E-state index in [1.54, 1.807) is 0 Å². The van der Waals surface area contributed by atoms with Crippen LogP contribution in [0.5, 0.6) is 0 Å². The van der Waals surface area contributed by atoms with Crippen LogP contribution >= 0.6 is 0 Å². The van der Waals surface area contributed by atoms with E-state index in [4.69, 9.17) is 0 Å². The van der Waals surface area contributed by atoms with Crippen LogP contribution in [0.3, 0.4) is 0 Å². The van der Waals surface area contributed by atoms with Gasteiger partial charge in [-0.2, -0.15) is 0 Å². The average molecular weight is 567 g/mol. The molecule has 2 atom stereocenters. The van der Waals surface area contributed by atoms with Gasteiger partial charge in [-0.05, 0) is 0 Å². The van der Waals surface area contributed by atoms with Crippen LogP contribution in [0.25, 0.3) is 0 Å². The molecule has 2 aromatic rings. The first-order valence-corrected chi connectivity index (χ1v) is 13.8. The van der Waals surface area contributed by atoms with Gasteiger partial charge in [0, 0.05) is 0 Å². The van der Waals surface area contributed by atoms with E-state index in [-0.39, 0.29) is 28.4 Å². The Bertz CT molecular complexity index is 1090. The Labute approximate surface area is 213 Å². The van der Waals surface area contributed by atoms with E-state index < -0.39 is 43.7 Å². The Balaban J connectivity index is 1.37. The van der Waals surface area contributed by atoms with Crippen molar-refractivity contribution in [3.63, 3.8) is 0 Å². The quantitative estimate of drug-likeness (QED) is 0.351. The molecule has 2 aromatic carbocycles. The number of halogens is 4. The number of hydrogen-bond acceptors (Lipinski definition) is 4. The molecular formula is C26H28AsF4N2O3. The number of carbonyl (C=O) groups excluding carboxylic acids is 2. The topological polar surface area (TPSA) is 78.4 Å². The number of amides is 1. The third-order valence-corrected chi connectivity index (χ3v) is 10.7. The van der Waals surface area contributed by atoms with Gasteiger partial charge >= 0.3 is 214 Å². The van der Waals surface area contributed by atoms with Gasteiger partial charge in [-0.3, -0.25) is 0 Å². The van der Waals surface area contributed by atoms with Crippen molar-refractivity contribution in [2.45, 2.75) is 48.1 Å². The Morgan fingerprint density at radius 1 is 1.08 bits per heavy atom. The van der Waals surface area contributed by atoms with Crippen LogP contribution in [-0.4, -0.2) is 57.1 Å². The molecule has 5 nitrogen and oxygen atoms in total. The summed E-state index contributed by atoms with van der Waals surface area (Å²) in [5.74, 6) is -0.560. The van der Waals surface area contributed by atoms with Gasteiger partial charge in [0.25, 0.3) is 0 Å². The number of rotatable bonds is 7. The Kier molecular flexibility index (Phi) is 8.22. The molecule has 1 aliphatic heterocycles. The minimum absolute atomic E-state index is 0.141. The second kappa shape index (κ2) is 11.0. The van der Waals surface area contributed by atoms with Crippen molar-refractivity contribution in [3.05, 3.63) is 71.0 Å². The molecule has 1 saturated heterocycles. The summed E-state index contributed by atoms with van der Waals surface area (Å²) in [4.78, 5) is 25.3. The van der Waals surface area contributed by atoms with Crippen molar-refractivity contribution >= 4 is 26.2 Å². The first kappa shape index (κ1) is 26.8. The summed E-state index contributed by atoms with van der Waals surface area (Å²) in [5, 5.41) is 16.6. The molecule has 1 radical (unpaired) electrons. The predicted octanol–water partition coefficient (Wildman–Crippen LogP) is 3.90. The Morgan fingerprint density at radius 2 is 1.78 bits per heavy atom. The van der Waals surface area contributed by atoms with E-state index in [2.05, 4.69) is 10.6 Å². The van der Waals surface area contributed by atoms with Crippen molar-refractivity contribution in [2.24, 2.45) is 5.92 Å². The molecule has 3 N–H and O–H groups in total. The van der Waals surface area contributed by atoms with Crippen LogP contribution in [0.2, 0.25) is 4.20 Å². The second-order valence-corrected chi connectivity index (χ2v) is 12.8. The van der Waals surface area contributed by atoms with E-state index in [1.165, 1.54) is 18.2 Å². The van der Waals surface area contributed by atoms with Crippen LogP contribution in [0.4, 0.5) is 17.6 Å². The number of carbonyl (C=O) groups is 2. The van der Waals surface area contributed by atoms with Crippen molar-refractivity contribution in [3.8, 4) is 0 Å². The fourth-order valence-corrected chi connectivity index (χ4v) is 8.49. The number of nitrogens with one attached hydrogen (secondary N) is 2. The maximum absolute atomic E-state index is 13.3. The molecule has 1 aliphatic carbocycles. The van der Waals surface area contributed by atoms with Gasteiger partial charge in [0.2, 0.25) is 0 Å². The molecular weight excluding hydrogens is 539 g/mol. The standard InChI is InChI=1S/C26H28AsF4N2O3/c28-21-10-6-17(7-11-21)16-4-8-19(9-5-16)25(15-32-13-22(25)34)27-23(35)14-33-24(36)18-2-1-3-20(12-18)26(29,30)31/h1-3,6-7,10-12,16,19,22,32,34H,4-5,8-9,13-15H2,(H,33,36)/t16?,19?,22-,25+/m0/s1. The van der Waals surface area contributed by atoms with E-state index >= 15 is 0 Å².